The van der Waals surface area contributed by atoms with Gasteiger partial charge in [-0.2, -0.15) is 8.42 Å². The van der Waals surface area contributed by atoms with E-state index in [2.05, 4.69) is 9.50 Å². The summed E-state index contributed by atoms with van der Waals surface area (Å²) in [6, 6.07) is -1.66. The Labute approximate surface area is 294 Å². The van der Waals surface area contributed by atoms with Gasteiger partial charge in [0.1, 0.15) is 97.6 Å². The van der Waals surface area contributed by atoms with Crippen molar-refractivity contribution in [2.24, 2.45) is 0 Å². The predicted molar refractivity (Wildman–Crippen MR) is 156 cm³/mol. The second-order valence-electron chi connectivity index (χ2n) is 12.4. The van der Waals surface area contributed by atoms with Gasteiger partial charge >= 0.3 is 10.4 Å². The number of nitrogens with one attached hydrogen (secondary N) is 1. The molecule has 0 aromatic carbocycles. The highest BCUT2D eigenvalue weighted by Gasteiger charge is 2.56. The molecule has 0 unspecified atom stereocenters. The second-order valence-corrected chi connectivity index (χ2v) is 13.4. The minimum atomic E-state index is -5.31. The maximum atomic E-state index is 12.1. The standard InChI is InChI=1S/C26H45NO24S/c1-6(32)27-11-15(36)19(10(5-31)47-24(11)50-22-16(37)12(33)7(2-28)44-23(22)40)48-25-17(38)20(13(34)8(3-29)45-25)49-26-18(39)21(51-52(41,42)43)14(35)9(4-30)46-26/h7-26,28-31,33-40H,2-5H2,1H3,(H,27,32)(H,41,42,43)/t7-,8-,9-,10-,11-,12-,13+,14-,15-,16+,17-,18-,19-,20+,21+,22+,23+,24+,25+,26-/m1/s1. The van der Waals surface area contributed by atoms with Gasteiger partial charge < -0.3 is 99.8 Å². The SMILES string of the molecule is CC(=O)N[C@H]1[C@H](O[C@H]2[C@@H](O)[C@H](O)[C@@H](CO)O[C@@H]2O)O[C@H](CO)[C@@H](O[C@@H]2O[C@H](CO)[C@H](O)[C@H](O[C@H]3O[C@H](CO)[C@@H](O)[C@H](OS(=O)(=O)O)[C@H]3O)[C@H]2O)[C@@H]1O. The van der Waals surface area contributed by atoms with Crippen molar-refractivity contribution in [2.45, 2.75) is 130 Å². The summed E-state index contributed by atoms with van der Waals surface area (Å²) in [6.45, 7) is -2.74. The molecule has 0 saturated carbocycles. The van der Waals surface area contributed by atoms with E-state index < -0.39 is 165 Å². The summed E-state index contributed by atoms with van der Waals surface area (Å²) >= 11 is 0. The molecule has 4 saturated heterocycles. The van der Waals surface area contributed by atoms with Crippen LogP contribution in [0.25, 0.3) is 0 Å². The molecule has 20 atom stereocenters. The maximum Gasteiger partial charge on any atom is 0.397 e. The van der Waals surface area contributed by atoms with Crippen LogP contribution in [0.4, 0.5) is 0 Å². The van der Waals surface area contributed by atoms with Gasteiger partial charge in [-0.1, -0.05) is 0 Å². The third kappa shape index (κ3) is 9.50. The van der Waals surface area contributed by atoms with Crippen LogP contribution < -0.4 is 5.32 Å². The lowest BCUT2D eigenvalue weighted by atomic mass is 9.94. The van der Waals surface area contributed by atoms with Crippen molar-refractivity contribution < 1.29 is 116 Å². The zero-order valence-corrected chi connectivity index (χ0v) is 27.9. The summed E-state index contributed by atoms with van der Waals surface area (Å²) in [7, 11) is -5.31. The molecule has 0 bridgehead atoms. The van der Waals surface area contributed by atoms with Crippen LogP contribution in [-0.4, -0.2) is 229 Å². The topological polar surface area (TPSA) is 400 Å². The smallest absolute Gasteiger partial charge is 0.394 e. The van der Waals surface area contributed by atoms with E-state index in [9.17, 15) is 74.5 Å². The van der Waals surface area contributed by atoms with Gasteiger partial charge in [0.15, 0.2) is 25.2 Å². The Morgan fingerprint density at radius 3 is 1.50 bits per heavy atom. The first-order chi connectivity index (χ1) is 24.4. The van der Waals surface area contributed by atoms with Gasteiger partial charge in [-0.05, 0) is 0 Å². The molecule has 304 valence electrons. The summed E-state index contributed by atoms with van der Waals surface area (Å²) in [6.07, 6.45) is -36.2. The number of rotatable bonds is 13. The molecule has 4 aliphatic heterocycles. The van der Waals surface area contributed by atoms with E-state index in [1.165, 1.54) is 0 Å². The number of hydrogen-bond acceptors (Lipinski definition) is 23. The molecule has 4 rings (SSSR count). The van der Waals surface area contributed by atoms with Crippen LogP contribution >= 0.6 is 0 Å². The third-order valence-corrected chi connectivity index (χ3v) is 9.28. The Morgan fingerprint density at radius 1 is 0.558 bits per heavy atom. The molecule has 26 heteroatoms. The summed E-state index contributed by atoms with van der Waals surface area (Å²) in [5.41, 5.74) is 0. The lowest BCUT2D eigenvalue weighted by molar-refractivity contribution is -0.382. The summed E-state index contributed by atoms with van der Waals surface area (Å²) < 4.78 is 74.4. The molecule has 0 spiro atoms. The van der Waals surface area contributed by atoms with Gasteiger partial charge in [-0.25, -0.2) is 4.18 Å². The molecular formula is C26H45NO24S. The van der Waals surface area contributed by atoms with E-state index in [1.54, 1.807) is 0 Å². The van der Waals surface area contributed by atoms with Crippen molar-refractivity contribution in [3.8, 4) is 0 Å². The van der Waals surface area contributed by atoms with Crippen LogP contribution in [0.2, 0.25) is 0 Å². The fourth-order valence-electron chi connectivity index (χ4n) is 6.17. The Balaban J connectivity index is 1.56. The van der Waals surface area contributed by atoms with E-state index >= 15 is 0 Å². The fraction of sp³-hybridized carbons (Fsp3) is 0.962. The monoisotopic (exact) mass is 787 g/mol. The molecule has 4 heterocycles. The van der Waals surface area contributed by atoms with Crippen LogP contribution in [0.15, 0.2) is 0 Å². The highest BCUT2D eigenvalue weighted by molar-refractivity contribution is 7.80. The largest absolute Gasteiger partial charge is 0.397 e. The van der Waals surface area contributed by atoms with Crippen LogP contribution in [0, 0.1) is 0 Å². The number of carbonyl (C=O) groups is 1. The van der Waals surface area contributed by atoms with Crippen molar-refractivity contribution in [3.63, 3.8) is 0 Å². The molecule has 0 aliphatic carbocycles. The van der Waals surface area contributed by atoms with E-state index in [0.717, 1.165) is 6.92 Å². The first kappa shape index (κ1) is 43.3. The minimum absolute atomic E-state index is 0.789. The Kier molecular flexibility index (Phi) is 15.0. The quantitative estimate of drug-likeness (QED) is 0.0770. The van der Waals surface area contributed by atoms with Gasteiger partial charge in [-0.15, -0.1) is 0 Å². The Hall–Kier alpha value is -1.42. The van der Waals surface area contributed by atoms with E-state index in [1.807, 2.05) is 0 Å². The number of aliphatic hydroxyl groups is 12. The van der Waals surface area contributed by atoms with Gasteiger partial charge in [0.05, 0.1) is 26.4 Å². The summed E-state index contributed by atoms with van der Waals surface area (Å²) in [4.78, 5) is 12.1. The van der Waals surface area contributed by atoms with Crippen molar-refractivity contribution in [1.82, 2.24) is 5.32 Å². The van der Waals surface area contributed by atoms with Crippen LogP contribution in [0.5, 0.6) is 0 Å². The average Bonchev–Trinajstić information content (AvgIpc) is 3.08. The molecule has 52 heavy (non-hydrogen) atoms. The molecule has 25 nitrogen and oxygen atoms in total. The molecule has 1 amide bonds. The third-order valence-electron chi connectivity index (χ3n) is 8.82. The van der Waals surface area contributed by atoms with E-state index in [0.29, 0.717) is 0 Å². The number of aliphatic hydroxyl groups excluding tert-OH is 12. The fourth-order valence-corrected chi connectivity index (χ4v) is 6.68. The van der Waals surface area contributed by atoms with Crippen LogP contribution in [0.1, 0.15) is 6.92 Å². The van der Waals surface area contributed by atoms with Crippen molar-refractivity contribution in [1.29, 1.82) is 0 Å². The Bertz CT molecular complexity index is 1270. The normalized spacial score (nSPS) is 47.6. The lowest BCUT2D eigenvalue weighted by Crippen LogP contribution is -2.69. The molecule has 4 fully saturated rings. The minimum Gasteiger partial charge on any atom is -0.394 e. The molecule has 0 aromatic heterocycles. The summed E-state index contributed by atoms with van der Waals surface area (Å²) in [5.74, 6) is -0.789. The number of ether oxygens (including phenoxy) is 7. The Morgan fingerprint density at radius 2 is 1.00 bits per heavy atom. The maximum absolute atomic E-state index is 12.1. The number of hydrogen-bond donors (Lipinski definition) is 14. The van der Waals surface area contributed by atoms with E-state index in [4.69, 9.17) is 37.7 Å². The number of carbonyl (C=O) groups excluding carboxylic acids is 1. The first-order valence-electron chi connectivity index (χ1n) is 15.8. The zero-order valence-electron chi connectivity index (χ0n) is 27.1. The number of amides is 1. The van der Waals surface area contributed by atoms with E-state index in [-0.39, 0.29) is 0 Å². The van der Waals surface area contributed by atoms with Crippen molar-refractivity contribution in [2.75, 3.05) is 26.4 Å². The molecule has 14 N–H and O–H groups in total. The first-order valence-corrected chi connectivity index (χ1v) is 17.1. The zero-order chi connectivity index (χ0) is 38.8. The van der Waals surface area contributed by atoms with Crippen LogP contribution in [-0.2, 0) is 52.5 Å². The summed E-state index contributed by atoms with van der Waals surface area (Å²) in [5, 5.41) is 127. The van der Waals surface area contributed by atoms with Gasteiger partial charge in [0.25, 0.3) is 0 Å². The van der Waals surface area contributed by atoms with Crippen molar-refractivity contribution in [3.05, 3.63) is 0 Å². The second kappa shape index (κ2) is 18.0. The molecule has 0 radical (unpaired) electrons. The molecular weight excluding hydrogens is 742 g/mol. The molecule has 4 aliphatic rings. The molecule has 0 aromatic rings. The van der Waals surface area contributed by atoms with Crippen LogP contribution in [0.3, 0.4) is 0 Å². The lowest BCUT2D eigenvalue weighted by Gasteiger charge is -2.49. The highest BCUT2D eigenvalue weighted by Crippen LogP contribution is 2.34. The van der Waals surface area contributed by atoms with Gasteiger partial charge in [-0.3, -0.25) is 9.35 Å². The highest BCUT2D eigenvalue weighted by atomic mass is 32.3. The van der Waals surface area contributed by atoms with Gasteiger partial charge in [0, 0.05) is 6.92 Å². The van der Waals surface area contributed by atoms with Crippen molar-refractivity contribution >= 4 is 16.3 Å². The van der Waals surface area contributed by atoms with Gasteiger partial charge in [0.2, 0.25) is 5.91 Å². The predicted octanol–water partition coefficient (Wildman–Crippen LogP) is -9.78. The average molecular weight is 788 g/mol.